The number of benzene rings is 1. The Morgan fingerprint density at radius 3 is 2.84 bits per heavy atom. The number of nitrogens with zero attached hydrogens (tertiary/aromatic N) is 4. The van der Waals surface area contributed by atoms with Gasteiger partial charge in [0.2, 0.25) is 11.1 Å². The second-order valence-corrected chi connectivity index (χ2v) is 6.84. The summed E-state index contributed by atoms with van der Waals surface area (Å²) < 4.78 is 1.74. The molecule has 0 unspecified atom stereocenters. The minimum absolute atomic E-state index is 0.0652. The molecule has 3 rings (SSSR count). The zero-order valence-electron chi connectivity index (χ0n) is 14.2. The Kier molecular flexibility index (Phi) is 5.24. The van der Waals surface area contributed by atoms with Crippen molar-refractivity contribution in [3.63, 3.8) is 0 Å². The predicted octanol–water partition coefficient (Wildman–Crippen LogP) is 3.69. The molecule has 0 radical (unpaired) electrons. The van der Waals surface area contributed by atoms with Gasteiger partial charge in [-0.3, -0.25) is 4.79 Å². The van der Waals surface area contributed by atoms with Gasteiger partial charge in [-0.2, -0.15) is 4.98 Å². The van der Waals surface area contributed by atoms with E-state index in [0.717, 1.165) is 17.0 Å². The number of carbonyl (C=O) groups excluding carboxylic acids is 1. The Morgan fingerprint density at radius 2 is 2.12 bits per heavy atom. The van der Waals surface area contributed by atoms with E-state index in [-0.39, 0.29) is 5.91 Å². The van der Waals surface area contributed by atoms with Crippen LogP contribution in [0.25, 0.3) is 5.78 Å². The minimum Gasteiger partial charge on any atom is -0.326 e. The van der Waals surface area contributed by atoms with Crippen LogP contribution >= 0.6 is 23.4 Å². The molecule has 0 saturated carbocycles. The molecule has 3 aromatic rings. The number of hydrogen-bond donors (Lipinski definition) is 1. The average Bonchev–Trinajstić information content (AvgIpc) is 2.98. The first kappa shape index (κ1) is 17.7. The van der Waals surface area contributed by atoms with Gasteiger partial charge >= 0.3 is 0 Å². The molecule has 1 aromatic carbocycles. The van der Waals surface area contributed by atoms with Gasteiger partial charge < -0.3 is 5.32 Å². The van der Waals surface area contributed by atoms with Crippen molar-refractivity contribution in [1.82, 2.24) is 19.6 Å². The van der Waals surface area contributed by atoms with Gasteiger partial charge in [-0.1, -0.05) is 29.4 Å². The van der Waals surface area contributed by atoms with Gasteiger partial charge in [-0.05, 0) is 50.3 Å². The number of fused-ring (bicyclic) bond motifs is 1. The van der Waals surface area contributed by atoms with Crippen molar-refractivity contribution in [2.24, 2.45) is 0 Å². The number of amides is 1. The Bertz CT molecular complexity index is 940. The van der Waals surface area contributed by atoms with E-state index in [2.05, 4.69) is 20.4 Å². The molecule has 8 heteroatoms. The Morgan fingerprint density at radius 1 is 1.32 bits per heavy atom. The molecule has 1 N–H and O–H groups in total. The van der Waals surface area contributed by atoms with Crippen LogP contribution in [-0.4, -0.2) is 31.7 Å². The molecule has 0 aliphatic rings. The van der Waals surface area contributed by atoms with E-state index < -0.39 is 0 Å². The van der Waals surface area contributed by atoms with E-state index in [1.807, 2.05) is 26.2 Å². The third-order valence-corrected chi connectivity index (χ3v) is 4.70. The number of halogens is 1. The highest BCUT2D eigenvalue weighted by molar-refractivity contribution is 7.98. The fourth-order valence-corrected chi connectivity index (χ4v) is 3.19. The van der Waals surface area contributed by atoms with Crippen LogP contribution in [0.5, 0.6) is 0 Å². The van der Waals surface area contributed by atoms with Gasteiger partial charge in [0.25, 0.3) is 5.78 Å². The summed E-state index contributed by atoms with van der Waals surface area (Å²) in [6.07, 6.45) is 2.87. The van der Waals surface area contributed by atoms with Gasteiger partial charge in [0.15, 0.2) is 0 Å². The Balaban J connectivity index is 1.75. The van der Waals surface area contributed by atoms with Crippen LogP contribution in [0.2, 0.25) is 5.02 Å². The maximum atomic E-state index is 12.2. The molecule has 130 valence electrons. The Hall–Kier alpha value is -2.12. The largest absolute Gasteiger partial charge is 0.326 e. The van der Waals surface area contributed by atoms with Crippen molar-refractivity contribution in [2.45, 2.75) is 31.8 Å². The number of hydrogen-bond acceptors (Lipinski definition) is 5. The molecule has 0 aliphatic heterocycles. The van der Waals surface area contributed by atoms with Gasteiger partial charge in [-0.25, -0.2) is 9.50 Å². The summed E-state index contributed by atoms with van der Waals surface area (Å²) in [5.74, 6) is 0.524. The first-order chi connectivity index (χ1) is 12.0. The summed E-state index contributed by atoms with van der Waals surface area (Å²) in [6.45, 7) is 3.91. The van der Waals surface area contributed by atoms with Gasteiger partial charge in [0.1, 0.15) is 0 Å². The van der Waals surface area contributed by atoms with E-state index in [4.69, 9.17) is 11.6 Å². The number of carbonyl (C=O) groups is 1. The maximum absolute atomic E-state index is 12.2. The van der Waals surface area contributed by atoms with Gasteiger partial charge in [-0.15, -0.1) is 5.10 Å². The summed E-state index contributed by atoms with van der Waals surface area (Å²) in [5.41, 5.74) is 3.55. The second kappa shape index (κ2) is 7.41. The fraction of sp³-hybridized carbons (Fsp3) is 0.294. The summed E-state index contributed by atoms with van der Waals surface area (Å²) >= 11 is 7.41. The first-order valence-electron chi connectivity index (χ1n) is 7.80. The lowest BCUT2D eigenvalue weighted by Gasteiger charge is -2.10. The lowest BCUT2D eigenvalue weighted by molar-refractivity contribution is -0.116. The number of anilines is 1. The molecule has 25 heavy (non-hydrogen) atoms. The van der Waals surface area contributed by atoms with Crippen LogP contribution in [0.3, 0.4) is 0 Å². The van der Waals surface area contributed by atoms with Crippen molar-refractivity contribution in [3.05, 3.63) is 46.2 Å². The highest BCUT2D eigenvalue weighted by Crippen LogP contribution is 2.19. The number of aromatic nitrogens is 4. The number of rotatable bonds is 5. The third kappa shape index (κ3) is 3.93. The van der Waals surface area contributed by atoms with E-state index in [1.165, 1.54) is 11.8 Å². The molecule has 0 fully saturated rings. The quantitative estimate of drug-likeness (QED) is 0.688. The zero-order valence-corrected chi connectivity index (χ0v) is 15.8. The van der Waals surface area contributed by atoms with Crippen LogP contribution in [0, 0.1) is 13.8 Å². The Labute approximate surface area is 155 Å². The standard InChI is InChI=1S/C17H18ClN5OS/c1-10-14(11(2)23-16(19-10)21-17(22-23)25-3)7-8-15(24)20-13-6-4-5-12(18)9-13/h4-6,9H,7-8H2,1-3H3,(H,20,24). The fourth-order valence-electron chi connectivity index (χ4n) is 2.67. The van der Waals surface area contributed by atoms with E-state index in [0.29, 0.717) is 34.5 Å². The minimum atomic E-state index is -0.0652. The second-order valence-electron chi connectivity index (χ2n) is 5.63. The van der Waals surface area contributed by atoms with Crippen molar-refractivity contribution in [3.8, 4) is 0 Å². The maximum Gasteiger partial charge on any atom is 0.253 e. The van der Waals surface area contributed by atoms with Crippen molar-refractivity contribution >= 4 is 40.7 Å². The number of nitrogens with one attached hydrogen (secondary N) is 1. The van der Waals surface area contributed by atoms with Crippen molar-refractivity contribution < 1.29 is 4.79 Å². The highest BCUT2D eigenvalue weighted by Gasteiger charge is 2.14. The molecule has 0 bridgehead atoms. The number of aryl methyl sites for hydroxylation is 2. The SMILES string of the molecule is CSc1nc2nc(C)c(CCC(=O)Nc3cccc(Cl)c3)c(C)n2n1. The predicted molar refractivity (Wildman–Crippen MR) is 100 cm³/mol. The lowest BCUT2D eigenvalue weighted by Crippen LogP contribution is -2.14. The summed E-state index contributed by atoms with van der Waals surface area (Å²) in [7, 11) is 0. The van der Waals surface area contributed by atoms with Crippen LogP contribution in [-0.2, 0) is 11.2 Å². The summed E-state index contributed by atoms with van der Waals surface area (Å²) in [6, 6.07) is 7.11. The first-order valence-corrected chi connectivity index (χ1v) is 9.40. The topological polar surface area (TPSA) is 72.2 Å². The monoisotopic (exact) mass is 375 g/mol. The van der Waals surface area contributed by atoms with Crippen molar-refractivity contribution in [1.29, 1.82) is 0 Å². The molecule has 0 spiro atoms. The van der Waals surface area contributed by atoms with E-state index >= 15 is 0 Å². The van der Waals surface area contributed by atoms with E-state index in [1.54, 1.807) is 22.7 Å². The molecule has 0 atom stereocenters. The van der Waals surface area contributed by atoms with Gasteiger partial charge in [0.05, 0.1) is 0 Å². The molecule has 1 amide bonds. The third-order valence-electron chi connectivity index (χ3n) is 3.92. The van der Waals surface area contributed by atoms with Crippen LogP contribution in [0.1, 0.15) is 23.4 Å². The lowest BCUT2D eigenvalue weighted by atomic mass is 10.1. The molecular formula is C17H18ClN5OS. The normalized spacial score (nSPS) is 11.0. The number of thioether (sulfide) groups is 1. The van der Waals surface area contributed by atoms with Crippen LogP contribution in [0.15, 0.2) is 29.4 Å². The van der Waals surface area contributed by atoms with Gasteiger partial charge in [0, 0.05) is 28.5 Å². The molecule has 2 aromatic heterocycles. The smallest absolute Gasteiger partial charge is 0.253 e. The molecular weight excluding hydrogens is 358 g/mol. The summed E-state index contributed by atoms with van der Waals surface area (Å²) in [4.78, 5) is 21.1. The van der Waals surface area contributed by atoms with Crippen molar-refractivity contribution in [2.75, 3.05) is 11.6 Å². The average molecular weight is 376 g/mol. The molecule has 6 nitrogen and oxygen atoms in total. The van der Waals surface area contributed by atoms with Crippen LogP contribution < -0.4 is 5.32 Å². The molecule has 2 heterocycles. The molecule has 0 saturated heterocycles. The van der Waals surface area contributed by atoms with Crippen LogP contribution in [0.4, 0.5) is 5.69 Å². The molecule has 0 aliphatic carbocycles. The zero-order chi connectivity index (χ0) is 18.0. The highest BCUT2D eigenvalue weighted by atomic mass is 35.5. The summed E-state index contributed by atoms with van der Waals surface area (Å²) in [5, 5.41) is 8.57. The van der Waals surface area contributed by atoms with E-state index in [9.17, 15) is 4.79 Å².